The quantitative estimate of drug-likeness (QED) is 0.690. The predicted molar refractivity (Wildman–Crippen MR) is 93.6 cm³/mol. The Balaban J connectivity index is 2.56. The lowest BCUT2D eigenvalue weighted by atomic mass is 9.87. The third-order valence-corrected chi connectivity index (χ3v) is 4.19. The summed E-state index contributed by atoms with van der Waals surface area (Å²) in [5.41, 5.74) is 3.54. The maximum atomic E-state index is 11.3. The first-order valence-corrected chi connectivity index (χ1v) is 10.8. The summed E-state index contributed by atoms with van der Waals surface area (Å²) in [5, 5.41) is 11.3. The van der Waals surface area contributed by atoms with Crippen LogP contribution in [-0.2, 0) is 5.60 Å². The summed E-state index contributed by atoms with van der Waals surface area (Å²) in [5.74, 6) is 3.89. The normalized spacial score (nSPS) is 13.7. The number of benzene rings is 2. The van der Waals surface area contributed by atoms with E-state index in [0.29, 0.717) is 0 Å². The first-order chi connectivity index (χ1) is 10.3. The molecule has 0 amide bonds. The highest BCUT2D eigenvalue weighted by Crippen LogP contribution is 2.30. The molecule has 2 aromatic rings. The molecule has 0 aliphatic rings. The van der Waals surface area contributed by atoms with Crippen molar-refractivity contribution >= 4 is 8.07 Å². The van der Waals surface area contributed by atoms with Gasteiger partial charge in [0.2, 0.25) is 0 Å². The fourth-order valence-electron chi connectivity index (χ4n) is 2.10. The Morgan fingerprint density at radius 3 is 1.95 bits per heavy atom. The Hall–Kier alpha value is -2.02. The van der Waals surface area contributed by atoms with E-state index in [1.54, 1.807) is 7.11 Å². The van der Waals surface area contributed by atoms with Crippen LogP contribution < -0.4 is 4.74 Å². The second-order valence-electron chi connectivity index (χ2n) is 6.30. The van der Waals surface area contributed by atoms with Gasteiger partial charge in [-0.15, -0.1) is 5.54 Å². The third kappa shape index (κ3) is 3.79. The Morgan fingerprint density at radius 1 is 0.909 bits per heavy atom. The van der Waals surface area contributed by atoms with Crippen LogP contribution in [0.3, 0.4) is 0 Å². The van der Waals surface area contributed by atoms with Crippen molar-refractivity contribution < 1.29 is 9.84 Å². The number of aliphatic hydroxyl groups is 1. The van der Waals surface area contributed by atoms with Crippen LogP contribution in [0, 0.1) is 11.5 Å². The van der Waals surface area contributed by atoms with Gasteiger partial charge >= 0.3 is 0 Å². The van der Waals surface area contributed by atoms with Crippen LogP contribution in [-0.4, -0.2) is 20.3 Å². The molecule has 0 bridgehead atoms. The minimum Gasteiger partial charge on any atom is -0.497 e. The number of methoxy groups -OCH3 is 1. The fraction of sp³-hybridized carbons (Fsp3) is 0.263. The van der Waals surface area contributed by atoms with E-state index in [1.165, 1.54) is 0 Å². The standard InChI is InChI=1S/C19H22O2Si/c1-21-18-12-10-17(11-13-18)19(20,14-15-22(2,3)4)16-8-6-5-7-9-16/h5-13,20H,1-4H3. The highest BCUT2D eigenvalue weighted by molar-refractivity contribution is 6.83. The van der Waals surface area contributed by atoms with E-state index in [9.17, 15) is 5.11 Å². The van der Waals surface area contributed by atoms with Crippen LogP contribution in [0.2, 0.25) is 19.6 Å². The molecule has 0 radical (unpaired) electrons. The van der Waals surface area contributed by atoms with E-state index in [2.05, 4.69) is 31.1 Å². The van der Waals surface area contributed by atoms with Gasteiger partial charge in [-0.05, 0) is 12.1 Å². The van der Waals surface area contributed by atoms with Gasteiger partial charge in [-0.25, -0.2) is 0 Å². The van der Waals surface area contributed by atoms with Crippen molar-refractivity contribution in [3.8, 4) is 17.2 Å². The van der Waals surface area contributed by atoms with Crippen LogP contribution in [0.4, 0.5) is 0 Å². The molecule has 22 heavy (non-hydrogen) atoms. The van der Waals surface area contributed by atoms with Gasteiger partial charge in [-0.3, -0.25) is 0 Å². The van der Waals surface area contributed by atoms with Crippen molar-refractivity contribution in [3.63, 3.8) is 0 Å². The van der Waals surface area contributed by atoms with Gasteiger partial charge in [0.05, 0.1) is 7.11 Å². The largest absolute Gasteiger partial charge is 0.497 e. The van der Waals surface area contributed by atoms with E-state index in [0.717, 1.165) is 16.9 Å². The lowest BCUT2D eigenvalue weighted by Crippen LogP contribution is -2.27. The lowest BCUT2D eigenvalue weighted by Gasteiger charge is -2.24. The van der Waals surface area contributed by atoms with Crippen LogP contribution in [0.1, 0.15) is 11.1 Å². The molecule has 0 saturated heterocycles. The average molecular weight is 310 g/mol. The molecular formula is C19H22O2Si. The van der Waals surface area contributed by atoms with E-state index in [1.807, 2.05) is 54.6 Å². The molecule has 0 fully saturated rings. The van der Waals surface area contributed by atoms with E-state index in [4.69, 9.17) is 4.74 Å². The molecule has 0 aromatic heterocycles. The Bertz CT molecular complexity index is 675. The second kappa shape index (κ2) is 6.39. The topological polar surface area (TPSA) is 29.5 Å². The monoisotopic (exact) mass is 310 g/mol. The fourth-order valence-corrected chi connectivity index (χ4v) is 2.66. The van der Waals surface area contributed by atoms with Crippen molar-refractivity contribution in [2.24, 2.45) is 0 Å². The average Bonchev–Trinajstić information content (AvgIpc) is 2.53. The summed E-state index contributed by atoms with van der Waals surface area (Å²) < 4.78 is 5.19. The number of hydrogen-bond acceptors (Lipinski definition) is 2. The van der Waals surface area contributed by atoms with Gasteiger partial charge in [0.25, 0.3) is 0 Å². The summed E-state index contributed by atoms with van der Waals surface area (Å²) in [4.78, 5) is 0. The highest BCUT2D eigenvalue weighted by atomic mass is 28.3. The maximum Gasteiger partial charge on any atom is 0.176 e. The molecule has 2 rings (SSSR count). The van der Waals surface area contributed by atoms with Crippen molar-refractivity contribution in [2.75, 3.05) is 7.11 Å². The SMILES string of the molecule is COc1ccc(C(O)(C#C[Si](C)(C)C)c2ccccc2)cc1. The molecule has 2 nitrogen and oxygen atoms in total. The summed E-state index contributed by atoms with van der Waals surface area (Å²) in [7, 11) is 0.0320. The molecule has 1 N–H and O–H groups in total. The third-order valence-electron chi connectivity index (χ3n) is 3.32. The van der Waals surface area contributed by atoms with Gasteiger partial charge < -0.3 is 9.84 Å². The molecule has 2 aromatic carbocycles. The smallest absolute Gasteiger partial charge is 0.176 e. The molecule has 114 valence electrons. The molecule has 1 atom stereocenters. The van der Waals surface area contributed by atoms with Crippen LogP contribution in [0.25, 0.3) is 0 Å². The molecule has 0 aliphatic carbocycles. The number of hydrogen-bond donors (Lipinski definition) is 1. The zero-order valence-electron chi connectivity index (χ0n) is 13.6. The summed E-state index contributed by atoms with van der Waals surface area (Å²) in [6.45, 7) is 6.50. The van der Waals surface area contributed by atoms with Crippen LogP contribution >= 0.6 is 0 Å². The number of rotatable bonds is 3. The van der Waals surface area contributed by atoms with Crippen LogP contribution in [0.5, 0.6) is 5.75 Å². The highest BCUT2D eigenvalue weighted by Gasteiger charge is 2.29. The summed E-state index contributed by atoms with van der Waals surface area (Å²) >= 11 is 0. The zero-order valence-corrected chi connectivity index (χ0v) is 14.6. The van der Waals surface area contributed by atoms with Gasteiger partial charge in [0.15, 0.2) is 5.60 Å². The molecule has 0 spiro atoms. The van der Waals surface area contributed by atoms with Gasteiger partial charge in [0, 0.05) is 11.1 Å². The van der Waals surface area contributed by atoms with E-state index < -0.39 is 13.7 Å². The molecule has 0 saturated carbocycles. The molecule has 0 aliphatic heterocycles. The van der Waals surface area contributed by atoms with Crippen molar-refractivity contribution in [1.82, 2.24) is 0 Å². The molecule has 3 heteroatoms. The van der Waals surface area contributed by atoms with E-state index in [-0.39, 0.29) is 0 Å². The minimum absolute atomic E-state index is 0.755. The maximum absolute atomic E-state index is 11.3. The molecule has 1 unspecified atom stereocenters. The Labute approximate surface area is 133 Å². The van der Waals surface area contributed by atoms with Crippen LogP contribution in [0.15, 0.2) is 54.6 Å². The predicted octanol–water partition coefficient (Wildman–Crippen LogP) is 3.81. The minimum atomic E-state index is -1.60. The first-order valence-electron chi connectivity index (χ1n) is 7.32. The number of ether oxygens (including phenoxy) is 1. The van der Waals surface area contributed by atoms with Crippen molar-refractivity contribution in [3.05, 3.63) is 65.7 Å². The van der Waals surface area contributed by atoms with Crippen molar-refractivity contribution in [2.45, 2.75) is 25.2 Å². The second-order valence-corrected chi connectivity index (χ2v) is 11.1. The molecular weight excluding hydrogens is 288 g/mol. The zero-order chi connectivity index (χ0) is 16.2. The van der Waals surface area contributed by atoms with Gasteiger partial charge in [-0.2, -0.15) is 0 Å². The van der Waals surface area contributed by atoms with E-state index >= 15 is 0 Å². The molecule has 0 heterocycles. The lowest BCUT2D eigenvalue weighted by molar-refractivity contribution is 0.145. The first kappa shape index (κ1) is 16.3. The summed E-state index contributed by atoms with van der Waals surface area (Å²) in [6.07, 6.45) is 0. The summed E-state index contributed by atoms with van der Waals surface area (Å²) in [6, 6.07) is 17.0. The Morgan fingerprint density at radius 2 is 1.45 bits per heavy atom. The van der Waals surface area contributed by atoms with Gasteiger partial charge in [-0.1, -0.05) is 68.0 Å². The van der Waals surface area contributed by atoms with Crippen molar-refractivity contribution in [1.29, 1.82) is 0 Å². The van der Waals surface area contributed by atoms with Gasteiger partial charge in [0.1, 0.15) is 13.8 Å². The Kier molecular flexibility index (Phi) is 4.75.